The van der Waals surface area contributed by atoms with Gasteiger partial charge in [-0.1, -0.05) is 41.9 Å². The summed E-state index contributed by atoms with van der Waals surface area (Å²) in [6.45, 7) is 0. The molecule has 1 unspecified atom stereocenters. The molecular formula is C14H13ClOS. The van der Waals surface area contributed by atoms with Crippen LogP contribution in [0.4, 0.5) is 0 Å². The topological polar surface area (TPSA) is 17.1 Å². The molecule has 0 aromatic heterocycles. The molecule has 0 amide bonds. The molecule has 2 rings (SSSR count). The molecule has 0 aliphatic rings. The van der Waals surface area contributed by atoms with E-state index in [1.165, 1.54) is 5.56 Å². The van der Waals surface area contributed by atoms with Crippen LogP contribution in [-0.4, -0.2) is 9.96 Å². The standard InChI is InChI=1S/C14H13ClOS/c15-13-6-8-14(9-7-13)17(16)11-10-12-4-2-1-3-5-12/h1-9H,10-11H2. The summed E-state index contributed by atoms with van der Waals surface area (Å²) in [6, 6.07) is 17.3. The summed E-state index contributed by atoms with van der Waals surface area (Å²) in [6.07, 6.45) is 0.829. The van der Waals surface area contributed by atoms with E-state index in [0.29, 0.717) is 10.8 Å². The molecule has 2 aromatic carbocycles. The highest BCUT2D eigenvalue weighted by Crippen LogP contribution is 2.13. The van der Waals surface area contributed by atoms with Crippen molar-refractivity contribution in [1.82, 2.24) is 0 Å². The van der Waals surface area contributed by atoms with Crippen molar-refractivity contribution in [1.29, 1.82) is 0 Å². The second-order valence-corrected chi connectivity index (χ2v) is 5.75. The van der Waals surface area contributed by atoms with Gasteiger partial charge in [-0.15, -0.1) is 0 Å². The first-order chi connectivity index (χ1) is 8.25. The Hall–Kier alpha value is -1.12. The zero-order chi connectivity index (χ0) is 12.1. The maximum absolute atomic E-state index is 12.0. The van der Waals surface area contributed by atoms with Gasteiger partial charge in [0.1, 0.15) is 0 Å². The van der Waals surface area contributed by atoms with Crippen molar-refractivity contribution in [3.8, 4) is 0 Å². The van der Waals surface area contributed by atoms with E-state index in [1.807, 2.05) is 30.3 Å². The fourth-order valence-corrected chi connectivity index (χ4v) is 2.78. The van der Waals surface area contributed by atoms with Crippen LogP contribution in [0.15, 0.2) is 59.5 Å². The summed E-state index contributed by atoms with van der Waals surface area (Å²) in [7, 11) is -0.951. The van der Waals surface area contributed by atoms with Gasteiger partial charge in [0.25, 0.3) is 0 Å². The molecule has 0 saturated carbocycles. The minimum atomic E-state index is -0.951. The molecule has 0 N–H and O–H groups in total. The zero-order valence-electron chi connectivity index (χ0n) is 9.30. The number of halogens is 1. The van der Waals surface area contributed by atoms with Gasteiger partial charge in [0, 0.05) is 15.7 Å². The van der Waals surface area contributed by atoms with E-state index in [9.17, 15) is 4.21 Å². The van der Waals surface area contributed by atoms with Gasteiger partial charge in [-0.05, 0) is 36.2 Å². The number of hydrogen-bond acceptors (Lipinski definition) is 1. The van der Waals surface area contributed by atoms with Crippen LogP contribution in [0.1, 0.15) is 5.56 Å². The van der Waals surface area contributed by atoms with Gasteiger partial charge >= 0.3 is 0 Å². The molecule has 0 saturated heterocycles. The Balaban J connectivity index is 1.96. The van der Waals surface area contributed by atoms with E-state index in [4.69, 9.17) is 11.6 Å². The second-order valence-electron chi connectivity index (χ2n) is 3.74. The predicted octanol–water partition coefficient (Wildman–Crippen LogP) is 3.69. The largest absolute Gasteiger partial charge is 0.254 e. The third-order valence-corrected chi connectivity index (χ3v) is 4.12. The minimum absolute atomic E-state index is 0.644. The monoisotopic (exact) mass is 264 g/mol. The summed E-state index contributed by atoms with van der Waals surface area (Å²) in [5.41, 5.74) is 1.22. The molecule has 0 bridgehead atoms. The summed E-state index contributed by atoms with van der Waals surface area (Å²) in [4.78, 5) is 0.838. The fourth-order valence-electron chi connectivity index (χ4n) is 1.56. The highest BCUT2D eigenvalue weighted by Gasteiger charge is 2.03. The van der Waals surface area contributed by atoms with Crippen molar-refractivity contribution in [2.24, 2.45) is 0 Å². The Morgan fingerprint density at radius 2 is 1.59 bits per heavy atom. The Kier molecular flexibility index (Phi) is 4.35. The van der Waals surface area contributed by atoms with Crippen molar-refractivity contribution in [2.45, 2.75) is 11.3 Å². The normalized spacial score (nSPS) is 12.3. The second kappa shape index (κ2) is 5.99. The summed E-state index contributed by atoms with van der Waals surface area (Å²) in [5, 5.41) is 0.675. The van der Waals surface area contributed by atoms with Gasteiger partial charge in [-0.2, -0.15) is 0 Å². The van der Waals surface area contributed by atoms with Crippen LogP contribution in [0.2, 0.25) is 5.02 Å². The fraction of sp³-hybridized carbons (Fsp3) is 0.143. The van der Waals surface area contributed by atoms with Gasteiger partial charge < -0.3 is 0 Å². The Morgan fingerprint density at radius 3 is 2.24 bits per heavy atom. The molecule has 3 heteroatoms. The van der Waals surface area contributed by atoms with Gasteiger partial charge in [-0.3, -0.25) is 4.21 Å². The molecule has 88 valence electrons. The third-order valence-electron chi connectivity index (χ3n) is 2.50. The van der Waals surface area contributed by atoms with E-state index in [2.05, 4.69) is 12.1 Å². The van der Waals surface area contributed by atoms with Crippen LogP contribution in [0.25, 0.3) is 0 Å². The van der Waals surface area contributed by atoms with Crippen molar-refractivity contribution in [3.05, 3.63) is 65.2 Å². The summed E-state index contributed by atoms with van der Waals surface area (Å²) < 4.78 is 12.0. The molecule has 17 heavy (non-hydrogen) atoms. The lowest BCUT2D eigenvalue weighted by Gasteiger charge is -2.03. The Morgan fingerprint density at radius 1 is 0.941 bits per heavy atom. The minimum Gasteiger partial charge on any atom is -0.254 e. The van der Waals surface area contributed by atoms with Gasteiger partial charge in [0.15, 0.2) is 0 Å². The summed E-state index contributed by atoms with van der Waals surface area (Å²) in [5.74, 6) is 0.644. The molecule has 0 heterocycles. The van der Waals surface area contributed by atoms with E-state index in [1.54, 1.807) is 12.1 Å². The highest BCUT2D eigenvalue weighted by atomic mass is 35.5. The molecule has 0 aliphatic carbocycles. The van der Waals surface area contributed by atoms with Crippen LogP contribution in [0.3, 0.4) is 0 Å². The smallest absolute Gasteiger partial charge is 0.0532 e. The predicted molar refractivity (Wildman–Crippen MR) is 72.9 cm³/mol. The van der Waals surface area contributed by atoms with Crippen molar-refractivity contribution >= 4 is 22.4 Å². The average molecular weight is 265 g/mol. The summed E-state index contributed by atoms with van der Waals surface area (Å²) >= 11 is 5.79. The molecular weight excluding hydrogens is 252 g/mol. The molecule has 1 atom stereocenters. The van der Waals surface area contributed by atoms with Crippen molar-refractivity contribution in [2.75, 3.05) is 5.75 Å². The molecule has 2 aromatic rings. The zero-order valence-corrected chi connectivity index (χ0v) is 10.9. The highest BCUT2D eigenvalue weighted by molar-refractivity contribution is 7.85. The van der Waals surface area contributed by atoms with Crippen LogP contribution in [-0.2, 0) is 17.2 Å². The van der Waals surface area contributed by atoms with E-state index >= 15 is 0 Å². The maximum atomic E-state index is 12.0. The lowest BCUT2D eigenvalue weighted by Crippen LogP contribution is -2.01. The Bertz CT molecular complexity index is 493. The molecule has 0 spiro atoms. The van der Waals surface area contributed by atoms with E-state index in [0.717, 1.165) is 11.3 Å². The molecule has 1 nitrogen and oxygen atoms in total. The first kappa shape index (κ1) is 12.3. The van der Waals surface area contributed by atoms with E-state index < -0.39 is 10.8 Å². The first-order valence-electron chi connectivity index (χ1n) is 5.43. The first-order valence-corrected chi connectivity index (χ1v) is 7.13. The van der Waals surface area contributed by atoms with Gasteiger partial charge in [-0.25, -0.2) is 0 Å². The molecule has 0 fully saturated rings. The van der Waals surface area contributed by atoms with Crippen molar-refractivity contribution < 1.29 is 4.21 Å². The molecule has 0 radical (unpaired) electrons. The van der Waals surface area contributed by atoms with Crippen LogP contribution in [0, 0.1) is 0 Å². The van der Waals surface area contributed by atoms with Crippen LogP contribution < -0.4 is 0 Å². The van der Waals surface area contributed by atoms with E-state index in [-0.39, 0.29) is 0 Å². The number of aryl methyl sites for hydroxylation is 1. The number of hydrogen-bond donors (Lipinski definition) is 0. The van der Waals surface area contributed by atoms with Crippen molar-refractivity contribution in [3.63, 3.8) is 0 Å². The Labute approximate surface area is 109 Å². The average Bonchev–Trinajstić information content (AvgIpc) is 2.38. The maximum Gasteiger partial charge on any atom is 0.0532 e. The number of benzene rings is 2. The van der Waals surface area contributed by atoms with Crippen LogP contribution >= 0.6 is 11.6 Å². The number of rotatable bonds is 4. The lowest BCUT2D eigenvalue weighted by molar-refractivity contribution is 0.682. The SMILES string of the molecule is O=S(CCc1ccccc1)c1ccc(Cl)cc1. The lowest BCUT2D eigenvalue weighted by atomic mass is 10.2. The van der Waals surface area contributed by atoms with Crippen LogP contribution in [0.5, 0.6) is 0 Å². The van der Waals surface area contributed by atoms with Gasteiger partial charge in [0.05, 0.1) is 10.8 Å². The third kappa shape index (κ3) is 3.69. The van der Waals surface area contributed by atoms with Gasteiger partial charge in [0.2, 0.25) is 0 Å². The quantitative estimate of drug-likeness (QED) is 0.823. The molecule has 0 aliphatic heterocycles.